The molecule has 2 rings (SSSR count). The monoisotopic (exact) mass is 565 g/mol. The number of hydrogen-bond donors (Lipinski definition) is 2. The number of alkyl halides is 3. The Bertz CT molecular complexity index is 1410. The summed E-state index contributed by atoms with van der Waals surface area (Å²) in [5.41, 5.74) is -3.64. The maximum atomic E-state index is 14.9. The van der Waals surface area contributed by atoms with E-state index in [0.29, 0.717) is 6.08 Å². The Morgan fingerprint density at radius 1 is 1.08 bits per heavy atom. The number of carbonyl (C=O) groups is 3. The van der Waals surface area contributed by atoms with Crippen LogP contribution >= 0.6 is 11.6 Å². The summed E-state index contributed by atoms with van der Waals surface area (Å²) in [6.07, 6.45) is -3.47. The summed E-state index contributed by atoms with van der Waals surface area (Å²) in [5, 5.41) is 10.3. The van der Waals surface area contributed by atoms with Gasteiger partial charge in [-0.25, -0.2) is 9.18 Å². The lowest BCUT2D eigenvalue weighted by atomic mass is 9.97. The van der Waals surface area contributed by atoms with Gasteiger partial charge < -0.3 is 15.0 Å². The van der Waals surface area contributed by atoms with Gasteiger partial charge in [-0.05, 0) is 43.3 Å². The number of halogens is 5. The topological polar surface area (TPSA) is 99.6 Å². The van der Waals surface area contributed by atoms with Crippen molar-refractivity contribution in [3.8, 4) is 0 Å². The van der Waals surface area contributed by atoms with Crippen molar-refractivity contribution in [2.45, 2.75) is 13.1 Å². The van der Waals surface area contributed by atoms with Gasteiger partial charge in [0.2, 0.25) is 0 Å². The number of esters is 1. The second-order valence-corrected chi connectivity index (χ2v) is 8.51. The number of anilines is 1. The smallest absolute Gasteiger partial charge is 0.417 e. The van der Waals surface area contributed by atoms with Crippen molar-refractivity contribution >= 4 is 40.8 Å². The van der Waals surface area contributed by atoms with Crippen molar-refractivity contribution in [2.24, 2.45) is 0 Å². The first-order valence-electron chi connectivity index (χ1n) is 11.1. The number of ether oxygens (including phenoxy) is 1. The highest BCUT2D eigenvalue weighted by atomic mass is 35.5. The van der Waals surface area contributed by atoms with Crippen molar-refractivity contribution in [1.82, 2.24) is 4.90 Å². The number of amides is 2. The lowest BCUT2D eigenvalue weighted by Gasteiger charge is -2.18. The third kappa shape index (κ3) is 6.99. The molecule has 2 aromatic rings. The molecule has 7 nitrogen and oxygen atoms in total. The molecule has 0 radical (unpaired) electrons. The summed E-state index contributed by atoms with van der Waals surface area (Å²) in [5.74, 6) is -3.61. The fraction of sp³-hybridized carbons (Fsp3) is 0.185. The van der Waals surface area contributed by atoms with Crippen LogP contribution < -0.4 is 5.32 Å². The summed E-state index contributed by atoms with van der Waals surface area (Å²) in [6, 6.07) is 6.89. The van der Waals surface area contributed by atoms with E-state index in [1.165, 1.54) is 44.1 Å². The van der Waals surface area contributed by atoms with E-state index in [9.17, 15) is 31.9 Å². The summed E-state index contributed by atoms with van der Waals surface area (Å²) >= 11 is 5.97. The normalized spacial score (nSPS) is 12.3. The molecule has 2 N–H and O–H groups in total. The molecule has 12 heteroatoms. The first-order valence-corrected chi connectivity index (χ1v) is 11.5. The van der Waals surface area contributed by atoms with E-state index in [0.717, 1.165) is 31.4 Å². The van der Waals surface area contributed by atoms with Gasteiger partial charge in [0.1, 0.15) is 5.82 Å². The summed E-state index contributed by atoms with van der Waals surface area (Å²) in [7, 11) is 4.03. The van der Waals surface area contributed by atoms with Crippen LogP contribution in [-0.2, 0) is 9.53 Å². The van der Waals surface area contributed by atoms with Crippen molar-refractivity contribution in [1.29, 1.82) is 5.41 Å². The van der Waals surface area contributed by atoms with E-state index in [1.54, 1.807) is 0 Å². The molecular formula is C27H24ClF4N3O4. The van der Waals surface area contributed by atoms with E-state index in [-0.39, 0.29) is 27.9 Å². The molecule has 39 heavy (non-hydrogen) atoms. The Labute approximate surface area is 226 Å². The van der Waals surface area contributed by atoms with Gasteiger partial charge in [-0.3, -0.25) is 15.0 Å². The first kappa shape index (κ1) is 31.0. The Balaban J connectivity index is 2.73. The average molecular weight is 566 g/mol. The maximum Gasteiger partial charge on any atom is 0.417 e. The minimum atomic E-state index is -4.99. The zero-order chi connectivity index (χ0) is 29.7. The van der Waals surface area contributed by atoms with Crippen LogP contribution in [0.1, 0.15) is 38.8 Å². The third-order valence-corrected chi connectivity index (χ3v) is 5.76. The van der Waals surface area contributed by atoms with Crippen LogP contribution in [-0.4, -0.2) is 55.8 Å². The highest BCUT2D eigenvalue weighted by Gasteiger charge is 2.37. The molecule has 0 saturated carbocycles. The van der Waals surface area contributed by atoms with E-state index in [4.69, 9.17) is 17.0 Å². The number of hydrogen-bond acceptors (Lipinski definition) is 5. The van der Waals surface area contributed by atoms with Crippen LogP contribution in [0.4, 0.5) is 23.2 Å². The second kappa shape index (κ2) is 12.5. The predicted molar refractivity (Wildman–Crippen MR) is 140 cm³/mol. The summed E-state index contributed by atoms with van der Waals surface area (Å²) in [4.78, 5) is 38.6. The zero-order valence-electron chi connectivity index (χ0n) is 21.3. The minimum absolute atomic E-state index is 0.0239. The Morgan fingerprint density at radius 2 is 1.67 bits per heavy atom. The number of nitrogens with zero attached hydrogens (tertiary/aromatic N) is 1. The van der Waals surface area contributed by atoms with Gasteiger partial charge in [0, 0.05) is 35.8 Å². The van der Waals surface area contributed by atoms with E-state index < -0.39 is 51.7 Å². The number of benzene rings is 2. The Kier molecular flexibility index (Phi) is 9.95. The standard InChI is InChI=1S/C27H24ClF4N3O4/c1-6-18(27(30,31)32)22(19(28)7-2)24(36)34-21-13-14(25(37)35(3)4)8-11-17(21)23(33)16-10-9-15(12-20(16)29)26(38)39-5/h6-13,33H,1H2,2-5H3,(H,34,36)/b19-7+,22-18-,33-23?. The third-order valence-electron chi connectivity index (χ3n) is 5.35. The number of nitrogens with one attached hydrogen (secondary N) is 2. The van der Waals surface area contributed by atoms with Crippen molar-refractivity contribution < 1.29 is 36.7 Å². The largest absolute Gasteiger partial charge is 0.465 e. The van der Waals surface area contributed by atoms with Gasteiger partial charge in [-0.1, -0.05) is 30.3 Å². The maximum absolute atomic E-state index is 14.9. The van der Waals surface area contributed by atoms with Crippen LogP contribution in [0.3, 0.4) is 0 Å². The molecule has 0 atom stereocenters. The molecule has 0 aliphatic carbocycles. The van der Waals surface area contributed by atoms with Gasteiger partial charge in [-0.2, -0.15) is 13.2 Å². The second-order valence-electron chi connectivity index (χ2n) is 8.10. The first-order chi connectivity index (χ1) is 18.2. The molecule has 2 amide bonds. The van der Waals surface area contributed by atoms with Crippen LogP contribution in [0.15, 0.2) is 71.3 Å². The van der Waals surface area contributed by atoms with Gasteiger partial charge in [-0.15, -0.1) is 0 Å². The molecule has 206 valence electrons. The van der Waals surface area contributed by atoms with Gasteiger partial charge in [0.15, 0.2) is 0 Å². The predicted octanol–water partition coefficient (Wildman–Crippen LogP) is 5.86. The van der Waals surface area contributed by atoms with Crippen molar-refractivity contribution in [2.75, 3.05) is 26.5 Å². The van der Waals surface area contributed by atoms with Crippen LogP contribution in [0.5, 0.6) is 0 Å². The number of carbonyl (C=O) groups excluding carboxylic acids is 3. The van der Waals surface area contributed by atoms with Gasteiger partial charge in [0.05, 0.1) is 35.2 Å². The molecule has 2 aromatic carbocycles. The van der Waals surface area contributed by atoms with Crippen molar-refractivity contribution in [3.63, 3.8) is 0 Å². The van der Waals surface area contributed by atoms with E-state index in [1.807, 2.05) is 0 Å². The number of allylic oxidation sites excluding steroid dienone is 3. The number of rotatable bonds is 8. The molecule has 0 aromatic heterocycles. The Morgan fingerprint density at radius 3 is 2.15 bits per heavy atom. The SMILES string of the molecule is C=C/C(=C(C(=O)Nc1cc(C(=O)N(C)C)ccc1C(=N)c1ccc(C(=O)OC)cc1F)\C(Cl)=C/C)C(F)(F)F. The minimum Gasteiger partial charge on any atom is -0.465 e. The zero-order valence-corrected chi connectivity index (χ0v) is 22.1. The summed E-state index contributed by atoms with van der Waals surface area (Å²) in [6.45, 7) is 4.45. The van der Waals surface area contributed by atoms with E-state index in [2.05, 4.69) is 16.6 Å². The highest BCUT2D eigenvalue weighted by molar-refractivity contribution is 6.36. The van der Waals surface area contributed by atoms with E-state index >= 15 is 0 Å². The Hall–Kier alpha value is -4.25. The number of methoxy groups -OCH3 is 1. The fourth-order valence-corrected chi connectivity index (χ4v) is 3.60. The molecule has 0 saturated heterocycles. The lowest BCUT2D eigenvalue weighted by molar-refractivity contribution is -0.114. The molecule has 0 spiro atoms. The van der Waals surface area contributed by atoms with Crippen LogP contribution in [0.2, 0.25) is 0 Å². The van der Waals surface area contributed by atoms with Crippen LogP contribution in [0.25, 0.3) is 0 Å². The summed E-state index contributed by atoms with van der Waals surface area (Å²) < 4.78 is 60.4. The molecule has 0 aliphatic rings. The van der Waals surface area contributed by atoms with Crippen molar-refractivity contribution in [3.05, 3.63) is 99.4 Å². The molecule has 0 aliphatic heterocycles. The van der Waals surface area contributed by atoms with Gasteiger partial charge in [0.25, 0.3) is 11.8 Å². The quantitative estimate of drug-likeness (QED) is 0.138. The fourth-order valence-electron chi connectivity index (χ4n) is 3.41. The molecule has 0 unspecified atom stereocenters. The van der Waals surface area contributed by atoms with Crippen LogP contribution in [0, 0.1) is 11.2 Å². The average Bonchev–Trinajstić information content (AvgIpc) is 2.88. The lowest BCUT2D eigenvalue weighted by Crippen LogP contribution is -2.24. The molecule has 0 fully saturated rings. The molecular weight excluding hydrogens is 542 g/mol. The highest BCUT2D eigenvalue weighted by Crippen LogP contribution is 2.34. The molecule has 0 heterocycles. The van der Waals surface area contributed by atoms with Gasteiger partial charge >= 0.3 is 12.1 Å². The molecule has 0 bridgehead atoms.